The van der Waals surface area contributed by atoms with Crippen LogP contribution in [0.15, 0.2) is 36.4 Å². The molecule has 0 radical (unpaired) electrons. The van der Waals surface area contributed by atoms with Gasteiger partial charge in [-0.3, -0.25) is 19.7 Å². The van der Waals surface area contributed by atoms with Crippen molar-refractivity contribution in [3.8, 4) is 5.75 Å². The van der Waals surface area contributed by atoms with Crippen molar-refractivity contribution in [1.29, 1.82) is 0 Å². The second-order valence-corrected chi connectivity index (χ2v) is 5.52. The molecule has 0 aliphatic carbocycles. The van der Waals surface area contributed by atoms with E-state index in [1.807, 2.05) is 0 Å². The van der Waals surface area contributed by atoms with E-state index < -0.39 is 16.7 Å². The van der Waals surface area contributed by atoms with Gasteiger partial charge in [-0.25, -0.2) is 0 Å². The van der Waals surface area contributed by atoms with Crippen molar-refractivity contribution in [3.63, 3.8) is 0 Å². The second kappa shape index (κ2) is 7.82. The molecule has 0 unspecified atom stereocenters. The molecule has 0 bridgehead atoms. The van der Waals surface area contributed by atoms with Crippen molar-refractivity contribution in [3.05, 3.63) is 56.6 Å². The van der Waals surface area contributed by atoms with Gasteiger partial charge in [0.15, 0.2) is 0 Å². The zero-order chi connectivity index (χ0) is 18.6. The second-order valence-electron chi connectivity index (χ2n) is 4.67. The van der Waals surface area contributed by atoms with Crippen molar-refractivity contribution in [2.45, 2.75) is 0 Å². The average Bonchev–Trinajstić information content (AvgIpc) is 2.58. The van der Waals surface area contributed by atoms with Crippen LogP contribution in [0, 0.1) is 10.1 Å². The number of halogens is 2. The Morgan fingerprint density at radius 1 is 1.04 bits per heavy atom. The number of ether oxygens (including phenoxy) is 1. The van der Waals surface area contributed by atoms with Crippen LogP contribution < -0.4 is 15.4 Å². The monoisotopic (exact) mass is 383 g/mol. The third-order valence-corrected chi connectivity index (χ3v) is 3.59. The Morgan fingerprint density at radius 3 is 2.28 bits per heavy atom. The first-order valence-corrected chi connectivity index (χ1v) is 7.47. The molecule has 0 spiro atoms. The maximum atomic E-state index is 12.0. The number of anilines is 2. The molecule has 10 heteroatoms. The molecule has 2 rings (SSSR count). The van der Waals surface area contributed by atoms with Gasteiger partial charge in [0.2, 0.25) is 0 Å². The molecule has 0 aromatic heterocycles. The van der Waals surface area contributed by atoms with Crippen LogP contribution in [0.2, 0.25) is 10.0 Å². The van der Waals surface area contributed by atoms with Crippen molar-refractivity contribution in [2.24, 2.45) is 0 Å². The first-order valence-electron chi connectivity index (χ1n) is 6.71. The molecule has 2 aromatic rings. The Balaban J connectivity index is 2.15. The number of nitro groups is 1. The normalized spacial score (nSPS) is 10.0. The van der Waals surface area contributed by atoms with Crippen LogP contribution >= 0.6 is 23.2 Å². The molecule has 0 fully saturated rings. The molecular formula is C15H11Cl2N3O5. The topological polar surface area (TPSA) is 111 Å². The van der Waals surface area contributed by atoms with Gasteiger partial charge >= 0.3 is 11.8 Å². The van der Waals surface area contributed by atoms with Gasteiger partial charge in [0.25, 0.3) is 5.69 Å². The van der Waals surface area contributed by atoms with E-state index in [0.717, 1.165) is 6.07 Å². The quantitative estimate of drug-likeness (QED) is 0.476. The SMILES string of the molecule is COc1cc([N+](=O)[O-])ccc1NC(=O)C(=O)Nc1cc(Cl)ccc1Cl. The summed E-state index contributed by atoms with van der Waals surface area (Å²) in [4.78, 5) is 34.1. The summed E-state index contributed by atoms with van der Waals surface area (Å²) in [5, 5.41) is 15.9. The molecule has 0 saturated carbocycles. The fourth-order valence-electron chi connectivity index (χ4n) is 1.85. The van der Waals surface area contributed by atoms with E-state index in [4.69, 9.17) is 27.9 Å². The number of methoxy groups -OCH3 is 1. The number of rotatable bonds is 4. The summed E-state index contributed by atoms with van der Waals surface area (Å²) >= 11 is 11.7. The zero-order valence-corrected chi connectivity index (χ0v) is 14.2. The first-order chi connectivity index (χ1) is 11.8. The minimum atomic E-state index is -1.01. The number of hydrogen-bond donors (Lipinski definition) is 2. The third kappa shape index (κ3) is 4.59. The van der Waals surface area contributed by atoms with Gasteiger partial charge in [-0.2, -0.15) is 0 Å². The van der Waals surface area contributed by atoms with Crippen molar-refractivity contribution >= 4 is 52.1 Å². The number of benzene rings is 2. The molecule has 2 aromatic carbocycles. The van der Waals surface area contributed by atoms with Gasteiger partial charge in [-0.05, 0) is 24.3 Å². The summed E-state index contributed by atoms with van der Waals surface area (Å²) < 4.78 is 4.98. The highest BCUT2D eigenvalue weighted by Crippen LogP contribution is 2.29. The number of nitrogens with one attached hydrogen (secondary N) is 2. The van der Waals surface area contributed by atoms with Gasteiger partial charge in [-0.15, -0.1) is 0 Å². The van der Waals surface area contributed by atoms with E-state index in [-0.39, 0.29) is 27.8 Å². The first kappa shape index (κ1) is 18.5. The number of non-ortho nitro benzene ring substituents is 1. The molecule has 0 aliphatic rings. The van der Waals surface area contributed by atoms with Gasteiger partial charge < -0.3 is 15.4 Å². The maximum Gasteiger partial charge on any atom is 0.314 e. The van der Waals surface area contributed by atoms with Crippen molar-refractivity contribution in [1.82, 2.24) is 0 Å². The highest BCUT2D eigenvalue weighted by Gasteiger charge is 2.19. The fourth-order valence-corrected chi connectivity index (χ4v) is 2.19. The number of hydrogen-bond acceptors (Lipinski definition) is 5. The van der Waals surface area contributed by atoms with Crippen LogP contribution in [0.4, 0.5) is 17.1 Å². The highest BCUT2D eigenvalue weighted by molar-refractivity contribution is 6.45. The summed E-state index contributed by atoms with van der Waals surface area (Å²) in [7, 11) is 1.28. The zero-order valence-electron chi connectivity index (χ0n) is 12.7. The lowest BCUT2D eigenvalue weighted by molar-refractivity contribution is -0.384. The minimum Gasteiger partial charge on any atom is -0.494 e. The molecule has 2 amide bonds. The van der Waals surface area contributed by atoms with Crippen LogP contribution in [0.1, 0.15) is 0 Å². The smallest absolute Gasteiger partial charge is 0.314 e. The highest BCUT2D eigenvalue weighted by atomic mass is 35.5. The van der Waals surface area contributed by atoms with E-state index >= 15 is 0 Å². The lowest BCUT2D eigenvalue weighted by Crippen LogP contribution is -2.29. The van der Waals surface area contributed by atoms with E-state index in [2.05, 4.69) is 10.6 Å². The van der Waals surface area contributed by atoms with Crippen LogP contribution in [-0.4, -0.2) is 23.8 Å². The molecule has 0 saturated heterocycles. The Bertz CT molecular complexity index is 857. The van der Waals surface area contributed by atoms with Crippen LogP contribution in [0.3, 0.4) is 0 Å². The summed E-state index contributed by atoms with van der Waals surface area (Å²) in [5.74, 6) is -1.97. The van der Waals surface area contributed by atoms with Crippen LogP contribution in [0.25, 0.3) is 0 Å². The third-order valence-electron chi connectivity index (χ3n) is 3.03. The van der Waals surface area contributed by atoms with Gasteiger partial charge in [-0.1, -0.05) is 23.2 Å². The largest absolute Gasteiger partial charge is 0.494 e. The van der Waals surface area contributed by atoms with Crippen molar-refractivity contribution < 1.29 is 19.2 Å². The molecule has 2 N–H and O–H groups in total. The fraction of sp³-hybridized carbons (Fsp3) is 0.0667. The lowest BCUT2D eigenvalue weighted by Gasteiger charge is -2.11. The van der Waals surface area contributed by atoms with Gasteiger partial charge in [0.1, 0.15) is 5.75 Å². The van der Waals surface area contributed by atoms with E-state index in [0.29, 0.717) is 5.02 Å². The average molecular weight is 384 g/mol. The standard InChI is InChI=1S/C15H11Cl2N3O5/c1-25-13-7-9(20(23)24)3-5-11(13)18-14(21)15(22)19-12-6-8(16)2-4-10(12)17/h2-7H,1H3,(H,18,21)(H,19,22). The van der Waals surface area contributed by atoms with Crippen LogP contribution in [0.5, 0.6) is 5.75 Å². The summed E-state index contributed by atoms with van der Waals surface area (Å²) in [6.07, 6.45) is 0. The Morgan fingerprint density at radius 2 is 1.68 bits per heavy atom. The molecule has 0 aliphatic heterocycles. The van der Waals surface area contributed by atoms with Crippen molar-refractivity contribution in [2.75, 3.05) is 17.7 Å². The lowest BCUT2D eigenvalue weighted by atomic mass is 10.2. The van der Waals surface area contributed by atoms with E-state index in [1.54, 1.807) is 0 Å². The van der Waals surface area contributed by atoms with Gasteiger partial charge in [0, 0.05) is 11.1 Å². The molecule has 130 valence electrons. The molecule has 0 heterocycles. The number of nitro benzene ring substituents is 1. The van der Waals surface area contributed by atoms with E-state index in [9.17, 15) is 19.7 Å². The molecule has 8 nitrogen and oxygen atoms in total. The minimum absolute atomic E-state index is 0.0381. The number of carbonyl (C=O) groups excluding carboxylic acids is 2. The predicted octanol–water partition coefficient (Wildman–Crippen LogP) is 3.49. The van der Waals surface area contributed by atoms with E-state index in [1.165, 1.54) is 37.4 Å². The Kier molecular flexibility index (Phi) is 5.79. The van der Waals surface area contributed by atoms with Gasteiger partial charge in [0.05, 0.1) is 34.5 Å². The summed E-state index contributed by atoms with van der Waals surface area (Å²) in [6, 6.07) is 7.94. The predicted molar refractivity (Wildman–Crippen MR) is 93.4 cm³/mol. The molecular weight excluding hydrogens is 373 g/mol. The number of carbonyl (C=O) groups is 2. The number of amides is 2. The summed E-state index contributed by atoms with van der Waals surface area (Å²) in [5.41, 5.74) is 0.0560. The Labute approximate surface area is 151 Å². The maximum absolute atomic E-state index is 12.0. The number of nitrogens with zero attached hydrogens (tertiary/aromatic N) is 1. The summed E-state index contributed by atoms with van der Waals surface area (Å²) in [6.45, 7) is 0. The Hall–Kier alpha value is -2.84. The van der Waals surface area contributed by atoms with Crippen LogP contribution in [-0.2, 0) is 9.59 Å². The molecule has 25 heavy (non-hydrogen) atoms. The molecule has 0 atom stereocenters.